The van der Waals surface area contributed by atoms with E-state index in [2.05, 4.69) is 40.1 Å². The van der Waals surface area contributed by atoms with Crippen LogP contribution in [0, 0.1) is 0 Å². The molecule has 2 spiro atoms. The molecule has 1 N–H and O–H groups in total. The van der Waals surface area contributed by atoms with Gasteiger partial charge in [-0.2, -0.15) is 0 Å². The van der Waals surface area contributed by atoms with Gasteiger partial charge in [-0.1, -0.05) is 0 Å². The number of hydrogen-bond acceptors (Lipinski definition) is 1. The van der Waals surface area contributed by atoms with Gasteiger partial charge in [-0.25, -0.2) is 0 Å². The highest BCUT2D eigenvalue weighted by molar-refractivity contribution is 8.15. The predicted molar refractivity (Wildman–Crippen MR) is 92.1 cm³/mol. The molecule has 0 aromatic heterocycles. The lowest BCUT2D eigenvalue weighted by atomic mass is 10.2. The highest BCUT2D eigenvalue weighted by atomic mass is 31.3. The van der Waals surface area contributed by atoms with Crippen LogP contribution in [-0.2, 0) is 0 Å². The van der Waals surface area contributed by atoms with E-state index in [9.17, 15) is 0 Å². The van der Waals surface area contributed by atoms with E-state index in [1.165, 1.54) is 25.7 Å². The summed E-state index contributed by atoms with van der Waals surface area (Å²) >= 11 is 0. The average Bonchev–Trinajstić information content (AvgIpc) is 2.85. The van der Waals surface area contributed by atoms with Gasteiger partial charge in [0.05, 0.1) is 22.6 Å². The molecule has 0 aliphatic carbocycles. The van der Waals surface area contributed by atoms with Gasteiger partial charge in [0.25, 0.3) is 0 Å². The van der Waals surface area contributed by atoms with Crippen molar-refractivity contribution in [1.82, 2.24) is 5.32 Å². The first-order valence-corrected chi connectivity index (χ1v) is 12.1. The van der Waals surface area contributed by atoms with Gasteiger partial charge in [0.2, 0.25) is 10.6 Å². The summed E-state index contributed by atoms with van der Waals surface area (Å²) in [6.45, 7) is 14.9. The van der Waals surface area contributed by atoms with E-state index >= 15 is 0 Å². The Labute approximate surface area is 120 Å². The minimum atomic E-state index is -0.949. The topological polar surface area (TPSA) is 12.0 Å². The minimum absolute atomic E-state index is 0.882. The van der Waals surface area contributed by atoms with Crippen LogP contribution in [0.1, 0.15) is 53.4 Å². The van der Waals surface area contributed by atoms with Crippen molar-refractivity contribution in [2.45, 2.75) is 81.5 Å². The lowest BCUT2D eigenvalue weighted by Gasteiger charge is -2.55. The van der Waals surface area contributed by atoms with Gasteiger partial charge in [-0.15, -0.1) is 0 Å². The molecule has 1 nitrogen and oxygen atoms in total. The zero-order chi connectivity index (χ0) is 14.0. The first kappa shape index (κ1) is 14.5. The fourth-order valence-corrected chi connectivity index (χ4v) is 26.1. The van der Waals surface area contributed by atoms with E-state index in [1.54, 1.807) is 0 Å². The van der Waals surface area contributed by atoms with Crippen LogP contribution in [-0.4, -0.2) is 35.2 Å². The molecule has 19 heavy (non-hydrogen) atoms. The maximum absolute atomic E-state index is 4.79. The Kier molecular flexibility index (Phi) is 3.45. The largest absolute Gasteiger partial charge is 0.253 e. The maximum Gasteiger partial charge on any atom is 0.237 e. The Morgan fingerprint density at radius 3 is 1.42 bits per heavy atom. The van der Waals surface area contributed by atoms with Crippen molar-refractivity contribution in [1.29, 1.82) is 0 Å². The Bertz CT molecular complexity index is 352. The van der Waals surface area contributed by atoms with E-state index in [4.69, 9.17) is 6.58 Å². The van der Waals surface area contributed by atoms with Crippen LogP contribution in [0.2, 0.25) is 0 Å². The van der Waals surface area contributed by atoms with Crippen molar-refractivity contribution < 1.29 is 0 Å². The van der Waals surface area contributed by atoms with Crippen LogP contribution in [0.5, 0.6) is 0 Å². The molecule has 0 unspecified atom stereocenters. The molecule has 3 aliphatic heterocycles. The second kappa shape index (κ2) is 4.53. The van der Waals surface area contributed by atoms with Gasteiger partial charge < -0.3 is 0 Å². The van der Waals surface area contributed by atoms with Crippen molar-refractivity contribution in [3.05, 3.63) is 11.6 Å². The Morgan fingerprint density at radius 1 is 0.842 bits per heavy atom. The molecule has 3 fully saturated rings. The molecule has 0 amide bonds. The van der Waals surface area contributed by atoms with Gasteiger partial charge >= 0.3 is 0 Å². The molecule has 0 aromatic carbocycles. The van der Waals surface area contributed by atoms with Crippen molar-refractivity contribution in [3.8, 4) is 0 Å². The summed E-state index contributed by atoms with van der Waals surface area (Å²) < 4.78 is 0. The third-order valence-electron chi connectivity index (χ3n) is 6.88. The van der Waals surface area contributed by atoms with Crippen molar-refractivity contribution >= 4 is 14.5 Å². The summed E-state index contributed by atoms with van der Waals surface area (Å²) in [7, 11) is 0.348. The highest BCUT2D eigenvalue weighted by Gasteiger charge is 2.88. The van der Waals surface area contributed by atoms with Gasteiger partial charge in [0.15, 0.2) is 0 Å². The van der Waals surface area contributed by atoms with E-state index in [0.717, 1.165) is 28.2 Å². The van der Waals surface area contributed by atoms with Crippen molar-refractivity contribution in [2.24, 2.45) is 0 Å². The molecule has 0 bridgehead atoms. The molecule has 3 heterocycles. The van der Waals surface area contributed by atoms with Crippen molar-refractivity contribution in [3.63, 3.8) is 0 Å². The summed E-state index contributed by atoms with van der Waals surface area (Å²) in [4.78, 5) is 0. The van der Waals surface area contributed by atoms with E-state index in [-0.39, 0.29) is 0 Å². The average molecular weight is 299 g/mol. The normalized spacial score (nSPS) is 44.2. The zero-order valence-electron chi connectivity index (χ0n) is 13.3. The molecule has 0 radical (unpaired) electrons. The molecule has 0 saturated carbocycles. The second-order valence-corrected chi connectivity index (χ2v) is 17.0. The van der Waals surface area contributed by atoms with Crippen LogP contribution >= 0.6 is 14.5 Å². The standard InChI is InChI=1S/C16H31NP2/c1-11-7-8-12(2)18(11)15(5)19(16(18)17-6)13(3)9-10-14(19)4/h11-14,16-17H,5,7-10H2,1-4,6H3/q+2/t11-,12-,13-,14-/m1/s1. The molecule has 3 saturated heterocycles. The van der Waals surface area contributed by atoms with Crippen LogP contribution in [0.4, 0.5) is 0 Å². The van der Waals surface area contributed by atoms with Crippen LogP contribution in [0.3, 0.4) is 0 Å². The highest BCUT2D eigenvalue weighted by Crippen LogP contribution is 3.09. The molecule has 3 heteroatoms. The van der Waals surface area contributed by atoms with E-state index < -0.39 is 14.5 Å². The fourth-order valence-electron chi connectivity index (χ4n) is 5.94. The number of rotatable bonds is 1. The van der Waals surface area contributed by atoms with Gasteiger partial charge in [-0.05, 0) is 67.0 Å². The number of hydrogen-bond donors (Lipinski definition) is 1. The van der Waals surface area contributed by atoms with E-state index in [0.29, 0.717) is 0 Å². The maximum atomic E-state index is 4.79. The lowest BCUT2D eigenvalue weighted by molar-refractivity contribution is 0.777. The SMILES string of the molecule is C=C1[P+]2(C(NC)[P+]13[C@H](C)CC[C@H]3C)[C@H](C)CC[C@H]2C. The smallest absolute Gasteiger partial charge is 0.237 e. The van der Waals surface area contributed by atoms with E-state index in [1.807, 2.05) is 5.06 Å². The molecule has 3 aliphatic rings. The summed E-state index contributed by atoms with van der Waals surface area (Å²) in [6, 6.07) is 0. The summed E-state index contributed by atoms with van der Waals surface area (Å²) in [5.74, 6) is 0. The first-order valence-electron chi connectivity index (χ1n) is 8.08. The Balaban J connectivity index is 2.07. The first-order chi connectivity index (χ1) is 8.94. The third-order valence-corrected chi connectivity index (χ3v) is 22.0. The Hall–Kier alpha value is 0.560. The Morgan fingerprint density at radius 2 is 1.16 bits per heavy atom. The van der Waals surface area contributed by atoms with Gasteiger partial charge in [0, 0.05) is 0 Å². The fraction of sp³-hybridized carbons (Fsp3) is 0.875. The molecule has 3 rings (SSSR count). The van der Waals surface area contributed by atoms with Crippen molar-refractivity contribution in [2.75, 3.05) is 7.05 Å². The summed E-state index contributed by atoms with van der Waals surface area (Å²) in [6.07, 6.45) is 5.81. The molecular formula is C16H31NP2+2. The monoisotopic (exact) mass is 299 g/mol. The minimum Gasteiger partial charge on any atom is -0.253 e. The quantitative estimate of drug-likeness (QED) is 0.660. The molecule has 108 valence electrons. The molecule has 0 aromatic rings. The van der Waals surface area contributed by atoms with Crippen LogP contribution in [0.25, 0.3) is 0 Å². The molecule has 4 atom stereocenters. The zero-order valence-corrected chi connectivity index (χ0v) is 15.1. The summed E-state index contributed by atoms with van der Waals surface area (Å²) in [5.41, 5.74) is 4.65. The second-order valence-electron chi connectivity index (χ2n) is 7.30. The van der Waals surface area contributed by atoms with Crippen LogP contribution in [0.15, 0.2) is 11.6 Å². The predicted octanol–water partition coefficient (Wildman–Crippen LogP) is 5.15. The van der Waals surface area contributed by atoms with Gasteiger partial charge in [0.1, 0.15) is 14.5 Å². The third kappa shape index (κ3) is 1.39. The number of nitrogens with one attached hydrogen (secondary N) is 1. The lowest BCUT2D eigenvalue weighted by Crippen LogP contribution is -2.49. The van der Waals surface area contributed by atoms with Crippen LogP contribution < -0.4 is 5.32 Å². The molecular weight excluding hydrogens is 268 g/mol. The summed E-state index contributed by atoms with van der Waals surface area (Å²) in [5, 5.41) is 5.70. The van der Waals surface area contributed by atoms with Gasteiger partial charge in [-0.3, -0.25) is 5.32 Å².